The van der Waals surface area contributed by atoms with Crippen molar-refractivity contribution in [2.24, 2.45) is 0 Å². The maximum Gasteiger partial charge on any atom is 0.165 e. The van der Waals surface area contributed by atoms with Gasteiger partial charge >= 0.3 is 0 Å². The van der Waals surface area contributed by atoms with Crippen LogP contribution in [0.4, 0.5) is 0 Å². The Balaban J connectivity index is 1.18. The molecule has 0 unspecified atom stereocenters. The van der Waals surface area contributed by atoms with E-state index >= 15 is 0 Å². The first-order valence-corrected chi connectivity index (χ1v) is 18.2. The molecule has 51 heavy (non-hydrogen) atoms. The second kappa shape index (κ2) is 11.2. The second-order valence-corrected chi connectivity index (χ2v) is 14.6. The van der Waals surface area contributed by atoms with Crippen LogP contribution < -0.4 is 0 Å². The van der Waals surface area contributed by atoms with Gasteiger partial charge in [0.25, 0.3) is 0 Å². The number of fused-ring (bicyclic) bond motifs is 9. The minimum absolute atomic E-state index is 0.0151. The van der Waals surface area contributed by atoms with Crippen molar-refractivity contribution in [3.8, 4) is 39.9 Å². The van der Waals surface area contributed by atoms with Gasteiger partial charge in [0, 0.05) is 67.8 Å². The van der Waals surface area contributed by atoms with Crippen LogP contribution in [-0.4, -0.2) is 19.5 Å². The van der Waals surface area contributed by atoms with Gasteiger partial charge in [-0.3, -0.25) is 0 Å². The van der Waals surface area contributed by atoms with Gasteiger partial charge in [0.15, 0.2) is 17.5 Å². The molecule has 11 aromatic rings. The fourth-order valence-electron chi connectivity index (χ4n) is 7.34. The zero-order valence-corrected chi connectivity index (χ0v) is 28.4. The molecule has 0 aliphatic rings. The van der Waals surface area contributed by atoms with E-state index in [1.54, 1.807) is 22.7 Å². The molecule has 7 aromatic carbocycles. The molecule has 0 N–H and O–H groups in total. The Bertz CT molecular complexity index is 3380. The summed E-state index contributed by atoms with van der Waals surface area (Å²) in [5, 5.41) is 6.72. The molecule has 0 amide bonds. The van der Waals surface area contributed by atoms with Crippen LogP contribution in [0.25, 0.3) is 102 Å². The topological polar surface area (TPSA) is 43.6 Å². The van der Waals surface area contributed by atoms with E-state index in [2.05, 4.69) is 102 Å². The van der Waals surface area contributed by atoms with Crippen molar-refractivity contribution in [3.63, 3.8) is 0 Å². The van der Waals surface area contributed by atoms with E-state index in [0.717, 1.165) is 63.5 Å². The van der Waals surface area contributed by atoms with Crippen molar-refractivity contribution in [1.82, 2.24) is 19.5 Å². The Hall–Kier alpha value is -6.21. The van der Waals surface area contributed by atoms with Gasteiger partial charge in [-0.15, -0.1) is 22.7 Å². The van der Waals surface area contributed by atoms with E-state index in [-0.39, 0.29) is 23.5 Å². The highest BCUT2D eigenvalue weighted by atomic mass is 32.1. The van der Waals surface area contributed by atoms with Crippen LogP contribution in [-0.2, 0) is 0 Å². The first kappa shape index (κ1) is 24.0. The smallest absolute Gasteiger partial charge is 0.165 e. The van der Waals surface area contributed by atoms with E-state index in [4.69, 9.17) is 21.8 Å². The van der Waals surface area contributed by atoms with Crippen molar-refractivity contribution >= 4 is 84.8 Å². The van der Waals surface area contributed by atoms with Crippen molar-refractivity contribution in [1.29, 1.82) is 0 Å². The summed E-state index contributed by atoms with van der Waals surface area (Å²) in [6, 6.07) is 41.8. The number of nitrogens with zero attached hydrogens (tertiary/aromatic N) is 4. The second-order valence-electron chi connectivity index (χ2n) is 12.4. The molecule has 0 fully saturated rings. The van der Waals surface area contributed by atoms with Crippen LogP contribution >= 0.6 is 22.7 Å². The summed E-state index contributed by atoms with van der Waals surface area (Å²) in [4.78, 5) is 14.9. The summed E-state index contributed by atoms with van der Waals surface area (Å²) in [6.07, 6.45) is 0. The van der Waals surface area contributed by atoms with Gasteiger partial charge < -0.3 is 4.57 Å². The number of aromatic nitrogens is 4. The van der Waals surface area contributed by atoms with Gasteiger partial charge in [-0.2, -0.15) is 0 Å². The lowest BCUT2D eigenvalue weighted by Gasteiger charge is -2.11. The number of hydrogen-bond acceptors (Lipinski definition) is 5. The summed E-state index contributed by atoms with van der Waals surface area (Å²) in [5.74, 6) is 0.710. The quantitative estimate of drug-likeness (QED) is 0.184. The minimum Gasteiger partial charge on any atom is -0.309 e. The van der Waals surface area contributed by atoms with E-state index in [0.29, 0.717) is 11.6 Å². The molecule has 238 valence electrons. The molecule has 4 aromatic heterocycles. The van der Waals surface area contributed by atoms with Crippen molar-refractivity contribution in [3.05, 3.63) is 158 Å². The van der Waals surface area contributed by atoms with Crippen LogP contribution in [0.2, 0.25) is 0 Å². The third-order valence-corrected chi connectivity index (χ3v) is 11.9. The van der Waals surface area contributed by atoms with Crippen molar-refractivity contribution < 1.29 is 6.85 Å². The van der Waals surface area contributed by atoms with Crippen LogP contribution in [0, 0.1) is 0 Å². The first-order valence-electron chi connectivity index (χ1n) is 19.0. The van der Waals surface area contributed by atoms with E-state index in [1.165, 1.54) is 15.5 Å². The molecule has 0 saturated heterocycles. The SMILES string of the molecule is [2H]c1c([2H])c([2H])c(-c2nc(-c3ccc4sc5ccccc5c4c3)nc(-c3cccc4c3sc3cccc(-n5c6ccccc6c6ccccc65)c34)n2)c([2H])c1[2H]. The maximum atomic E-state index is 8.84. The molecule has 4 heterocycles. The van der Waals surface area contributed by atoms with Gasteiger partial charge in [-0.25, -0.2) is 15.0 Å². The van der Waals surface area contributed by atoms with E-state index in [9.17, 15) is 0 Å². The van der Waals surface area contributed by atoms with Crippen molar-refractivity contribution in [2.45, 2.75) is 0 Å². The molecular weight excluding hydrogens is 661 g/mol. The van der Waals surface area contributed by atoms with E-state index in [1.807, 2.05) is 30.3 Å². The first-order chi connectivity index (χ1) is 27.4. The normalized spacial score (nSPS) is 13.3. The zero-order chi connectivity index (χ0) is 37.8. The molecule has 0 saturated carbocycles. The molecule has 0 bridgehead atoms. The van der Waals surface area contributed by atoms with Gasteiger partial charge in [0.1, 0.15) is 0 Å². The largest absolute Gasteiger partial charge is 0.309 e. The third-order valence-electron chi connectivity index (χ3n) is 9.56. The highest BCUT2D eigenvalue weighted by Gasteiger charge is 2.20. The average molecular weight is 692 g/mol. The van der Waals surface area contributed by atoms with Gasteiger partial charge in [-0.05, 0) is 54.6 Å². The molecule has 4 nitrogen and oxygen atoms in total. The lowest BCUT2D eigenvalue weighted by atomic mass is 10.1. The third kappa shape index (κ3) is 4.40. The molecule has 0 aliphatic carbocycles. The number of hydrogen-bond donors (Lipinski definition) is 0. The van der Waals surface area contributed by atoms with Gasteiger partial charge in [0.2, 0.25) is 0 Å². The highest BCUT2D eigenvalue weighted by Crippen LogP contribution is 2.44. The fraction of sp³-hybridized carbons (Fsp3) is 0. The number of rotatable bonds is 4. The van der Waals surface area contributed by atoms with Crippen LogP contribution in [0.5, 0.6) is 0 Å². The van der Waals surface area contributed by atoms with Crippen LogP contribution in [0.1, 0.15) is 6.85 Å². The molecule has 0 atom stereocenters. The molecule has 0 spiro atoms. The predicted molar refractivity (Wildman–Crippen MR) is 216 cm³/mol. The monoisotopic (exact) mass is 691 g/mol. The summed E-state index contributed by atoms with van der Waals surface area (Å²) in [5.41, 5.74) is 4.73. The lowest BCUT2D eigenvalue weighted by molar-refractivity contribution is 1.08. The Labute approximate surface area is 307 Å². The van der Waals surface area contributed by atoms with E-state index < -0.39 is 18.1 Å². The average Bonchev–Trinajstić information content (AvgIpc) is 3.91. The maximum absolute atomic E-state index is 8.84. The molecule has 6 heteroatoms. The molecule has 0 aliphatic heterocycles. The predicted octanol–water partition coefficient (Wildman–Crippen LogP) is 12.7. The fourth-order valence-corrected chi connectivity index (χ4v) is 9.66. The van der Waals surface area contributed by atoms with Crippen LogP contribution in [0.3, 0.4) is 0 Å². The molecule has 11 rings (SSSR count). The summed E-state index contributed by atoms with van der Waals surface area (Å²) >= 11 is 3.37. The number of benzene rings is 7. The Kier molecular flexibility index (Phi) is 5.25. The summed E-state index contributed by atoms with van der Waals surface area (Å²) in [6.45, 7) is 0. The Morgan fingerprint density at radius 3 is 1.90 bits per heavy atom. The Morgan fingerprint density at radius 2 is 1.10 bits per heavy atom. The number of thiophene rings is 2. The lowest BCUT2D eigenvalue weighted by Crippen LogP contribution is -2.00. The highest BCUT2D eigenvalue weighted by molar-refractivity contribution is 7.26. The van der Waals surface area contributed by atoms with Gasteiger partial charge in [0.05, 0.1) is 23.6 Å². The Morgan fingerprint density at radius 1 is 0.471 bits per heavy atom. The summed E-state index contributed by atoms with van der Waals surface area (Å²) < 4.78 is 49.5. The molecule has 0 radical (unpaired) electrons. The molecular formula is C45H26N4S2. The van der Waals surface area contributed by atoms with Gasteiger partial charge in [-0.1, -0.05) is 103 Å². The zero-order valence-electron chi connectivity index (χ0n) is 31.7. The van der Waals surface area contributed by atoms with Crippen LogP contribution in [0.15, 0.2) is 158 Å². The standard InChI is InChI=1S/C45H26N4S2/c1-2-12-27(13-3-1)43-46-44(28-24-25-39-34(26-28)31-16-6-9-22-38(31)50-39)48-45(47-43)33-18-10-17-32-41-37(21-11-23-40(41)51-42(32)33)49-35-19-7-4-14-29(35)30-15-5-8-20-36(30)49/h1-26H/i1D,2D,3D,12D,13D. The summed E-state index contributed by atoms with van der Waals surface area (Å²) in [7, 11) is 0. The number of para-hydroxylation sites is 2. The minimum atomic E-state index is -0.470. The van der Waals surface area contributed by atoms with Crippen molar-refractivity contribution in [2.75, 3.05) is 0 Å².